The maximum absolute atomic E-state index is 6.18. The molecule has 1 aliphatic rings. The number of fused-ring (bicyclic) bond motifs is 1. The highest BCUT2D eigenvalue weighted by Crippen LogP contribution is 2.32. The molecule has 0 spiro atoms. The van der Waals surface area contributed by atoms with Crippen molar-refractivity contribution in [3.8, 4) is 0 Å². The Morgan fingerprint density at radius 3 is 2.79 bits per heavy atom. The van der Waals surface area contributed by atoms with Crippen LogP contribution in [0.3, 0.4) is 0 Å². The summed E-state index contributed by atoms with van der Waals surface area (Å²) in [5, 5.41) is 7.79. The summed E-state index contributed by atoms with van der Waals surface area (Å²) in [4.78, 5) is 8.79. The van der Waals surface area contributed by atoms with Crippen molar-refractivity contribution in [2.75, 3.05) is 11.1 Å². The number of nitrogens with zero attached hydrogens (tertiary/aromatic N) is 4. The molecule has 0 amide bonds. The first-order valence-corrected chi connectivity index (χ1v) is 8.27. The second kappa shape index (κ2) is 6.09. The lowest BCUT2D eigenvalue weighted by atomic mass is 9.85. The Hall–Kier alpha value is -2.67. The van der Waals surface area contributed by atoms with E-state index < -0.39 is 0 Å². The van der Waals surface area contributed by atoms with Crippen molar-refractivity contribution in [3.63, 3.8) is 0 Å². The zero-order valence-electron chi connectivity index (χ0n) is 13.4. The number of nitrogens with one attached hydrogen (secondary N) is 1. The van der Waals surface area contributed by atoms with E-state index in [0.29, 0.717) is 29.1 Å². The first-order valence-electron chi connectivity index (χ1n) is 8.27. The van der Waals surface area contributed by atoms with E-state index in [1.165, 1.54) is 0 Å². The topological polar surface area (TPSA) is 107 Å². The third-order valence-corrected chi connectivity index (χ3v) is 4.60. The first kappa shape index (κ1) is 14.9. The van der Waals surface area contributed by atoms with Crippen LogP contribution in [0.2, 0.25) is 0 Å². The lowest BCUT2D eigenvalue weighted by molar-refractivity contribution is 0.391. The molecule has 124 valence electrons. The van der Waals surface area contributed by atoms with Crippen LogP contribution in [0.1, 0.15) is 37.3 Å². The van der Waals surface area contributed by atoms with Gasteiger partial charge in [-0.05, 0) is 37.8 Å². The quantitative estimate of drug-likeness (QED) is 0.683. The van der Waals surface area contributed by atoms with E-state index in [9.17, 15) is 0 Å². The molecule has 24 heavy (non-hydrogen) atoms. The van der Waals surface area contributed by atoms with Crippen LogP contribution < -0.4 is 16.8 Å². The molecule has 7 heteroatoms. The summed E-state index contributed by atoms with van der Waals surface area (Å²) in [6.07, 6.45) is 9.71. The third-order valence-electron chi connectivity index (χ3n) is 4.60. The fraction of sp³-hybridized carbons (Fsp3) is 0.353. The smallest absolute Gasteiger partial charge is 0.177 e. The van der Waals surface area contributed by atoms with Gasteiger partial charge >= 0.3 is 0 Å². The maximum Gasteiger partial charge on any atom is 0.177 e. The summed E-state index contributed by atoms with van der Waals surface area (Å²) >= 11 is 0. The standard InChI is InChI=1S/C17H21N7/c18-12-5-3-11(4-6-12)15-10-24-17(22-15)14(19)8-16(23-24)21-13-2-1-7-20-9-13/h1-2,7-12H,3-6,18-19H2,(H,21,23)/t11-,12-. The molecule has 4 rings (SSSR count). The Kier molecular flexibility index (Phi) is 3.78. The van der Waals surface area contributed by atoms with Crippen LogP contribution in [-0.2, 0) is 0 Å². The summed E-state index contributed by atoms with van der Waals surface area (Å²) in [5.74, 6) is 1.11. The van der Waals surface area contributed by atoms with Gasteiger partial charge in [-0.1, -0.05) is 0 Å². The number of hydrogen-bond donors (Lipinski definition) is 3. The second-order valence-electron chi connectivity index (χ2n) is 6.40. The molecule has 1 fully saturated rings. The van der Waals surface area contributed by atoms with Gasteiger partial charge < -0.3 is 16.8 Å². The van der Waals surface area contributed by atoms with Crippen LogP contribution in [0.5, 0.6) is 0 Å². The Labute approximate surface area is 140 Å². The SMILES string of the molecule is Nc1cc(Nc2cccnc2)nn2cc([C@H]3CC[C@H](N)CC3)nc12. The Morgan fingerprint density at radius 1 is 1.21 bits per heavy atom. The number of rotatable bonds is 3. The van der Waals surface area contributed by atoms with Crippen LogP contribution in [0.25, 0.3) is 5.65 Å². The molecule has 5 N–H and O–H groups in total. The second-order valence-corrected chi connectivity index (χ2v) is 6.40. The number of imidazole rings is 1. The summed E-state index contributed by atoms with van der Waals surface area (Å²) in [7, 11) is 0. The van der Waals surface area contributed by atoms with Crippen molar-refractivity contribution < 1.29 is 0 Å². The highest BCUT2D eigenvalue weighted by Gasteiger charge is 2.23. The number of pyridine rings is 1. The van der Waals surface area contributed by atoms with Crippen molar-refractivity contribution in [1.82, 2.24) is 19.6 Å². The molecule has 7 nitrogen and oxygen atoms in total. The minimum absolute atomic E-state index is 0.330. The van der Waals surface area contributed by atoms with Gasteiger partial charge in [-0.2, -0.15) is 0 Å². The fourth-order valence-corrected chi connectivity index (χ4v) is 3.28. The van der Waals surface area contributed by atoms with Crippen molar-refractivity contribution in [3.05, 3.63) is 42.5 Å². The van der Waals surface area contributed by atoms with E-state index in [4.69, 9.17) is 16.5 Å². The molecule has 0 saturated heterocycles. The van der Waals surface area contributed by atoms with Gasteiger partial charge in [0.05, 0.1) is 29.5 Å². The number of anilines is 3. The predicted octanol–water partition coefficient (Wildman–Crippen LogP) is 2.44. The summed E-state index contributed by atoms with van der Waals surface area (Å²) in [6.45, 7) is 0. The third kappa shape index (κ3) is 2.90. The zero-order chi connectivity index (χ0) is 16.5. The Morgan fingerprint density at radius 2 is 2.04 bits per heavy atom. The first-order chi connectivity index (χ1) is 11.7. The van der Waals surface area contributed by atoms with E-state index in [0.717, 1.165) is 37.1 Å². The monoisotopic (exact) mass is 323 g/mol. The average molecular weight is 323 g/mol. The van der Waals surface area contributed by atoms with Crippen LogP contribution in [0.15, 0.2) is 36.8 Å². The highest BCUT2D eigenvalue weighted by molar-refractivity contribution is 5.69. The number of aromatic nitrogens is 4. The molecule has 0 aromatic carbocycles. The van der Waals surface area contributed by atoms with Crippen molar-refractivity contribution >= 4 is 22.8 Å². The molecule has 0 bridgehead atoms. The van der Waals surface area contributed by atoms with Gasteiger partial charge in [-0.3, -0.25) is 4.98 Å². The van der Waals surface area contributed by atoms with Crippen molar-refractivity contribution in [1.29, 1.82) is 0 Å². The summed E-state index contributed by atoms with van der Waals surface area (Å²) < 4.78 is 1.76. The van der Waals surface area contributed by atoms with Crippen LogP contribution in [-0.4, -0.2) is 25.6 Å². The van der Waals surface area contributed by atoms with Crippen molar-refractivity contribution in [2.45, 2.75) is 37.6 Å². The lowest BCUT2D eigenvalue weighted by Gasteiger charge is -2.24. The molecule has 1 aliphatic carbocycles. The van der Waals surface area contributed by atoms with Gasteiger partial charge in [-0.15, -0.1) is 5.10 Å². The van der Waals surface area contributed by atoms with Gasteiger partial charge in [0.25, 0.3) is 0 Å². The zero-order valence-corrected chi connectivity index (χ0v) is 13.4. The molecule has 0 radical (unpaired) electrons. The van der Waals surface area contributed by atoms with E-state index in [1.54, 1.807) is 23.0 Å². The summed E-state index contributed by atoms with van der Waals surface area (Å²) in [6, 6.07) is 5.93. The Bertz CT molecular complexity index is 835. The highest BCUT2D eigenvalue weighted by atomic mass is 15.3. The number of hydrogen-bond acceptors (Lipinski definition) is 6. The van der Waals surface area contributed by atoms with Gasteiger partial charge in [0.1, 0.15) is 0 Å². The molecule has 1 saturated carbocycles. The fourth-order valence-electron chi connectivity index (χ4n) is 3.28. The minimum atomic E-state index is 0.330. The molecule has 0 unspecified atom stereocenters. The molecule has 0 aliphatic heterocycles. The Balaban J connectivity index is 1.63. The number of nitrogens with two attached hydrogens (primary N) is 2. The molecule has 3 aromatic heterocycles. The largest absolute Gasteiger partial charge is 0.396 e. The molecule has 3 aromatic rings. The van der Waals surface area contributed by atoms with E-state index in [-0.39, 0.29) is 0 Å². The van der Waals surface area contributed by atoms with E-state index >= 15 is 0 Å². The molecule has 3 heterocycles. The normalized spacial score (nSPS) is 21.0. The average Bonchev–Trinajstić information content (AvgIpc) is 3.01. The number of nitrogen functional groups attached to an aromatic ring is 1. The van der Waals surface area contributed by atoms with Crippen molar-refractivity contribution in [2.24, 2.45) is 5.73 Å². The van der Waals surface area contributed by atoms with Gasteiger partial charge in [-0.25, -0.2) is 9.50 Å². The van der Waals surface area contributed by atoms with Gasteiger partial charge in [0.2, 0.25) is 0 Å². The van der Waals surface area contributed by atoms with E-state index in [1.807, 2.05) is 18.3 Å². The molecular weight excluding hydrogens is 302 g/mol. The molecular formula is C17H21N7. The predicted molar refractivity (Wildman–Crippen MR) is 94.1 cm³/mol. The lowest BCUT2D eigenvalue weighted by Crippen LogP contribution is -2.25. The summed E-state index contributed by atoms with van der Waals surface area (Å²) in [5.41, 5.74) is 15.4. The van der Waals surface area contributed by atoms with Crippen LogP contribution in [0, 0.1) is 0 Å². The van der Waals surface area contributed by atoms with Gasteiger partial charge in [0, 0.05) is 24.2 Å². The van der Waals surface area contributed by atoms with E-state index in [2.05, 4.69) is 15.4 Å². The minimum Gasteiger partial charge on any atom is -0.396 e. The maximum atomic E-state index is 6.18. The van der Waals surface area contributed by atoms with Gasteiger partial charge in [0.15, 0.2) is 11.5 Å². The molecule has 0 atom stereocenters. The van der Waals surface area contributed by atoms with Crippen LogP contribution in [0.4, 0.5) is 17.2 Å². The van der Waals surface area contributed by atoms with Crippen LogP contribution >= 0.6 is 0 Å².